The highest BCUT2D eigenvalue weighted by Gasteiger charge is 2.39. The number of hydrogen-bond donors (Lipinski definition) is 1. The van der Waals surface area contributed by atoms with Crippen LogP contribution in [0.3, 0.4) is 0 Å². The Bertz CT molecular complexity index is 686. The number of fused-ring (bicyclic) bond motifs is 1. The van der Waals surface area contributed by atoms with Crippen molar-refractivity contribution >= 4 is 24.0 Å². The average molecular weight is 290 g/mol. The van der Waals surface area contributed by atoms with E-state index < -0.39 is 23.7 Å². The van der Waals surface area contributed by atoms with E-state index in [1.165, 1.54) is 11.0 Å². The first kappa shape index (κ1) is 13.4. The number of carbonyl (C=O) groups excluding carboxylic acids is 4. The summed E-state index contributed by atoms with van der Waals surface area (Å²) in [4.78, 5) is 47.3. The minimum atomic E-state index is -0.762. The van der Waals surface area contributed by atoms with Crippen LogP contribution in [0, 0.1) is 5.82 Å². The summed E-state index contributed by atoms with van der Waals surface area (Å²) in [5, 5.41) is 2.19. The number of carbonyl (C=O) groups is 4. The Kier molecular flexibility index (Phi) is 3.04. The summed E-state index contributed by atoms with van der Waals surface area (Å²) in [6.07, 6.45) is 0.784. The van der Waals surface area contributed by atoms with Gasteiger partial charge in [0.25, 0.3) is 5.91 Å². The molecule has 0 saturated carbocycles. The van der Waals surface area contributed by atoms with Crippen LogP contribution >= 0.6 is 0 Å². The van der Waals surface area contributed by atoms with E-state index >= 15 is 0 Å². The zero-order valence-electron chi connectivity index (χ0n) is 10.9. The maximum Gasteiger partial charge on any atom is 0.255 e. The van der Waals surface area contributed by atoms with Crippen molar-refractivity contribution in [1.29, 1.82) is 0 Å². The maximum absolute atomic E-state index is 13.6. The fraction of sp³-hybridized carbons (Fsp3) is 0.286. The van der Waals surface area contributed by atoms with Crippen LogP contribution in [0.4, 0.5) is 4.39 Å². The topological polar surface area (TPSA) is 83.6 Å². The average Bonchev–Trinajstić information content (AvgIpc) is 2.75. The Labute approximate surface area is 118 Å². The first-order valence-corrected chi connectivity index (χ1v) is 6.43. The Hall–Kier alpha value is -2.57. The van der Waals surface area contributed by atoms with Gasteiger partial charge >= 0.3 is 0 Å². The summed E-state index contributed by atoms with van der Waals surface area (Å²) in [6, 6.07) is 1.60. The van der Waals surface area contributed by atoms with Gasteiger partial charge in [-0.3, -0.25) is 24.5 Å². The van der Waals surface area contributed by atoms with Gasteiger partial charge in [0.1, 0.15) is 11.9 Å². The van der Waals surface area contributed by atoms with Crippen LogP contribution in [0.25, 0.3) is 0 Å². The molecule has 2 aliphatic heterocycles. The van der Waals surface area contributed by atoms with Crippen molar-refractivity contribution in [2.45, 2.75) is 25.4 Å². The largest absolute Gasteiger partial charge is 0.322 e. The molecule has 1 N–H and O–H groups in total. The van der Waals surface area contributed by atoms with Crippen molar-refractivity contribution in [1.82, 2.24) is 10.2 Å². The number of nitrogens with one attached hydrogen (secondary N) is 1. The van der Waals surface area contributed by atoms with Gasteiger partial charge in [-0.25, -0.2) is 4.39 Å². The molecule has 1 aromatic carbocycles. The number of imide groups is 1. The number of amides is 3. The molecule has 6 nitrogen and oxygen atoms in total. The lowest BCUT2D eigenvalue weighted by Gasteiger charge is -2.29. The van der Waals surface area contributed by atoms with Crippen LogP contribution in [0.15, 0.2) is 12.1 Å². The molecular formula is C14H11FN2O4. The molecule has 1 atom stereocenters. The van der Waals surface area contributed by atoms with Crippen molar-refractivity contribution in [2.24, 2.45) is 0 Å². The Balaban J connectivity index is 1.91. The molecule has 0 bridgehead atoms. The lowest BCUT2D eigenvalue weighted by atomic mass is 10.0. The number of benzene rings is 1. The summed E-state index contributed by atoms with van der Waals surface area (Å²) < 4.78 is 13.6. The van der Waals surface area contributed by atoms with Gasteiger partial charge in [0.05, 0.1) is 5.56 Å². The zero-order valence-corrected chi connectivity index (χ0v) is 10.9. The van der Waals surface area contributed by atoms with Gasteiger partial charge in [0, 0.05) is 18.5 Å². The van der Waals surface area contributed by atoms with Crippen LogP contribution in [0.2, 0.25) is 0 Å². The SMILES string of the molecule is O=Cc1cc2c(cc1F)C(=O)N(C1CCC(=O)NC1=O)C2. The van der Waals surface area contributed by atoms with Crippen molar-refractivity contribution < 1.29 is 23.6 Å². The summed E-state index contributed by atoms with van der Waals surface area (Å²) in [7, 11) is 0. The van der Waals surface area contributed by atoms with E-state index in [0.717, 1.165) is 6.07 Å². The quantitative estimate of drug-likeness (QED) is 0.631. The van der Waals surface area contributed by atoms with E-state index in [1.54, 1.807) is 0 Å². The minimum absolute atomic E-state index is 0.119. The molecule has 0 radical (unpaired) electrons. The number of hydrogen-bond acceptors (Lipinski definition) is 4. The number of nitrogens with zero attached hydrogens (tertiary/aromatic N) is 1. The number of halogens is 1. The summed E-state index contributed by atoms with van der Waals surface area (Å²) in [6.45, 7) is 0.127. The molecule has 0 spiro atoms. The lowest BCUT2D eigenvalue weighted by molar-refractivity contribution is -0.136. The van der Waals surface area contributed by atoms with E-state index in [0.29, 0.717) is 11.8 Å². The third-order valence-corrected chi connectivity index (χ3v) is 3.77. The molecule has 2 aliphatic rings. The smallest absolute Gasteiger partial charge is 0.255 e. The van der Waals surface area contributed by atoms with Crippen molar-refractivity contribution in [3.63, 3.8) is 0 Å². The molecule has 1 aromatic rings. The van der Waals surface area contributed by atoms with Gasteiger partial charge in [0.15, 0.2) is 6.29 Å². The van der Waals surface area contributed by atoms with Crippen LogP contribution in [-0.4, -0.2) is 34.9 Å². The first-order valence-electron chi connectivity index (χ1n) is 6.43. The molecule has 21 heavy (non-hydrogen) atoms. The van der Waals surface area contributed by atoms with Crippen LogP contribution in [0.1, 0.15) is 39.1 Å². The minimum Gasteiger partial charge on any atom is -0.322 e. The second-order valence-electron chi connectivity index (χ2n) is 5.05. The van der Waals surface area contributed by atoms with E-state index in [1.807, 2.05) is 0 Å². The third kappa shape index (κ3) is 2.10. The van der Waals surface area contributed by atoms with Crippen molar-refractivity contribution in [3.8, 4) is 0 Å². The monoisotopic (exact) mass is 290 g/mol. The zero-order chi connectivity index (χ0) is 15.1. The second-order valence-corrected chi connectivity index (χ2v) is 5.05. The predicted octanol–water partition coefficient (Wildman–Crippen LogP) is 0.399. The Morgan fingerprint density at radius 2 is 2.05 bits per heavy atom. The molecule has 0 aliphatic carbocycles. The molecule has 1 fully saturated rings. The lowest BCUT2D eigenvalue weighted by Crippen LogP contribution is -2.52. The standard InChI is InChI=1S/C14H11FN2O4/c15-10-4-9-7(3-8(10)6-18)5-17(14(9)21)11-1-2-12(19)16-13(11)20/h3-4,6,11H,1-2,5H2,(H,16,19,20). The van der Waals surface area contributed by atoms with Gasteiger partial charge in [-0.2, -0.15) is 0 Å². The highest BCUT2D eigenvalue weighted by Crippen LogP contribution is 2.28. The molecule has 0 aromatic heterocycles. The normalized spacial score (nSPS) is 21.3. The van der Waals surface area contributed by atoms with Crippen molar-refractivity contribution in [3.05, 3.63) is 34.6 Å². The number of piperidine rings is 1. The van der Waals surface area contributed by atoms with Crippen LogP contribution < -0.4 is 5.32 Å². The van der Waals surface area contributed by atoms with Gasteiger partial charge in [-0.15, -0.1) is 0 Å². The van der Waals surface area contributed by atoms with E-state index in [4.69, 9.17) is 0 Å². The fourth-order valence-corrected chi connectivity index (χ4v) is 2.70. The maximum atomic E-state index is 13.6. The number of rotatable bonds is 2. The molecule has 3 amide bonds. The van der Waals surface area contributed by atoms with E-state index in [9.17, 15) is 23.6 Å². The van der Waals surface area contributed by atoms with Gasteiger partial charge in [-0.05, 0) is 24.1 Å². The fourth-order valence-electron chi connectivity index (χ4n) is 2.70. The Morgan fingerprint density at radius 3 is 2.71 bits per heavy atom. The third-order valence-electron chi connectivity index (χ3n) is 3.77. The summed E-state index contributed by atoms with van der Waals surface area (Å²) in [5.41, 5.74) is 0.544. The molecule has 3 rings (SSSR count). The van der Waals surface area contributed by atoms with Gasteiger partial charge in [0.2, 0.25) is 11.8 Å². The highest BCUT2D eigenvalue weighted by molar-refractivity contribution is 6.05. The van der Waals surface area contributed by atoms with Gasteiger partial charge in [-0.1, -0.05) is 0 Å². The molecule has 108 valence electrons. The van der Waals surface area contributed by atoms with E-state index in [-0.39, 0.29) is 36.4 Å². The van der Waals surface area contributed by atoms with E-state index in [2.05, 4.69) is 5.32 Å². The molecular weight excluding hydrogens is 279 g/mol. The Morgan fingerprint density at radius 1 is 1.29 bits per heavy atom. The molecule has 7 heteroatoms. The highest BCUT2D eigenvalue weighted by atomic mass is 19.1. The van der Waals surface area contributed by atoms with Crippen molar-refractivity contribution in [2.75, 3.05) is 0 Å². The molecule has 1 saturated heterocycles. The molecule has 1 unspecified atom stereocenters. The summed E-state index contributed by atoms with van der Waals surface area (Å²) >= 11 is 0. The predicted molar refractivity (Wildman–Crippen MR) is 67.8 cm³/mol. The molecule has 2 heterocycles. The van der Waals surface area contributed by atoms with Crippen LogP contribution in [-0.2, 0) is 16.1 Å². The first-order chi connectivity index (χ1) is 10.0. The van der Waals surface area contributed by atoms with Gasteiger partial charge < -0.3 is 4.90 Å². The number of aldehydes is 1. The summed E-state index contributed by atoms with van der Waals surface area (Å²) in [5.74, 6) is -2.11. The second kappa shape index (κ2) is 4.76. The van der Waals surface area contributed by atoms with Crippen LogP contribution in [0.5, 0.6) is 0 Å².